The molecule has 4 amide bonds. The number of carbonyl (C=O) groups excluding carboxylic acids is 3. The minimum atomic E-state index is -0.600. The minimum absolute atomic E-state index is 0.00340. The van der Waals surface area contributed by atoms with Gasteiger partial charge in [-0.1, -0.05) is 23.2 Å². The van der Waals surface area contributed by atoms with E-state index in [2.05, 4.69) is 5.32 Å². The Hall–Kier alpha value is -2.03. The predicted molar refractivity (Wildman–Crippen MR) is 133 cm³/mol. The Morgan fingerprint density at radius 1 is 1.14 bits per heavy atom. The zero-order valence-corrected chi connectivity index (χ0v) is 21.4. The number of likely N-dealkylation sites (tertiary alicyclic amines) is 1. The van der Waals surface area contributed by atoms with Crippen LogP contribution in [0.4, 0.5) is 10.5 Å². The number of aliphatic hydroxyl groups is 1. The number of aliphatic hydroxyl groups excluding tert-OH is 1. The van der Waals surface area contributed by atoms with Gasteiger partial charge in [0.05, 0.1) is 16.1 Å². The second kappa shape index (κ2) is 9.45. The van der Waals surface area contributed by atoms with E-state index in [1.165, 1.54) is 0 Å². The highest BCUT2D eigenvalue weighted by atomic mass is 35.5. The van der Waals surface area contributed by atoms with E-state index in [9.17, 15) is 19.5 Å². The Kier molecular flexibility index (Phi) is 6.66. The third kappa shape index (κ3) is 4.72. The maximum atomic E-state index is 13.3. The Bertz CT molecular complexity index is 1030. The van der Waals surface area contributed by atoms with Crippen LogP contribution in [0.3, 0.4) is 0 Å². The van der Waals surface area contributed by atoms with Crippen LogP contribution < -0.4 is 5.32 Å². The molecule has 3 saturated heterocycles. The van der Waals surface area contributed by atoms with Crippen LogP contribution in [-0.4, -0.2) is 81.5 Å². The van der Waals surface area contributed by atoms with Crippen molar-refractivity contribution in [3.8, 4) is 0 Å². The quantitative estimate of drug-likeness (QED) is 0.629. The SMILES string of the molecule is C[C@H]1C(=O)N2[C@@H](CCC(=O)N3CCC4(CC4)[C@H](O)C3)CC[C@H]2CN1C(=O)Nc1ccc(Cl)c(Cl)c1. The maximum Gasteiger partial charge on any atom is 0.322 e. The Balaban J connectivity index is 1.16. The van der Waals surface area contributed by atoms with Gasteiger partial charge in [0, 0.05) is 43.8 Å². The van der Waals surface area contributed by atoms with Gasteiger partial charge in [-0.05, 0) is 69.1 Å². The van der Waals surface area contributed by atoms with Crippen LogP contribution in [0.25, 0.3) is 0 Å². The average Bonchev–Trinajstić information content (AvgIpc) is 3.50. The second-order valence-corrected chi connectivity index (χ2v) is 11.3. The first-order chi connectivity index (χ1) is 16.7. The van der Waals surface area contributed by atoms with Gasteiger partial charge in [0.15, 0.2) is 0 Å². The van der Waals surface area contributed by atoms with Gasteiger partial charge in [0.2, 0.25) is 11.8 Å². The molecule has 0 aromatic heterocycles. The number of amides is 4. The van der Waals surface area contributed by atoms with Crippen molar-refractivity contribution in [1.29, 1.82) is 0 Å². The summed E-state index contributed by atoms with van der Waals surface area (Å²) in [7, 11) is 0. The highest BCUT2D eigenvalue weighted by Gasteiger charge is 2.52. The molecule has 3 heterocycles. The fraction of sp³-hybridized carbons (Fsp3) is 0.640. The summed E-state index contributed by atoms with van der Waals surface area (Å²) in [5.41, 5.74) is 0.591. The molecule has 4 atom stereocenters. The number of benzene rings is 1. The number of hydrogen-bond acceptors (Lipinski definition) is 4. The van der Waals surface area contributed by atoms with Gasteiger partial charge in [0.1, 0.15) is 6.04 Å². The van der Waals surface area contributed by atoms with E-state index in [1.54, 1.807) is 34.9 Å². The molecule has 0 unspecified atom stereocenters. The standard InChI is InChI=1S/C25H32Cl2N4O4/c1-15-23(34)31-17(5-7-22(33)29-11-10-25(8-9-25)21(32)14-29)3-4-18(31)13-30(15)24(35)28-16-2-6-19(26)20(27)12-16/h2,6,12,15,17-18,21,32H,3-5,7-11,13-14H2,1H3,(H,28,35)/t15-,17+,18-,21+/m0/s1. The summed E-state index contributed by atoms with van der Waals surface area (Å²) in [5, 5.41) is 14.0. The van der Waals surface area contributed by atoms with Gasteiger partial charge in [0.25, 0.3) is 0 Å². The van der Waals surface area contributed by atoms with Crippen LogP contribution in [-0.2, 0) is 9.59 Å². The molecule has 1 spiro atoms. The van der Waals surface area contributed by atoms with E-state index in [1.807, 2.05) is 4.90 Å². The van der Waals surface area contributed by atoms with Gasteiger partial charge in [-0.2, -0.15) is 0 Å². The number of anilines is 1. The summed E-state index contributed by atoms with van der Waals surface area (Å²) < 4.78 is 0. The lowest BCUT2D eigenvalue weighted by atomic mass is 9.90. The first-order valence-electron chi connectivity index (χ1n) is 12.5. The number of fused-ring (bicyclic) bond motifs is 1. The molecule has 4 aliphatic rings. The molecular weight excluding hydrogens is 491 g/mol. The summed E-state index contributed by atoms with van der Waals surface area (Å²) in [6, 6.07) is 3.87. The van der Waals surface area contributed by atoms with Crippen molar-refractivity contribution in [1.82, 2.24) is 14.7 Å². The number of rotatable bonds is 4. The molecule has 1 saturated carbocycles. The molecule has 4 fully saturated rings. The monoisotopic (exact) mass is 522 g/mol. The van der Waals surface area contributed by atoms with E-state index in [-0.39, 0.29) is 35.3 Å². The fourth-order valence-corrected chi connectivity index (χ4v) is 6.28. The van der Waals surface area contributed by atoms with Gasteiger partial charge < -0.3 is 25.1 Å². The van der Waals surface area contributed by atoms with E-state index >= 15 is 0 Å². The zero-order chi connectivity index (χ0) is 24.9. The zero-order valence-electron chi connectivity index (χ0n) is 19.9. The first kappa shape index (κ1) is 24.7. The smallest absolute Gasteiger partial charge is 0.322 e. The number of nitrogens with zero attached hydrogens (tertiary/aromatic N) is 3. The molecule has 0 radical (unpaired) electrons. The molecule has 1 aliphatic carbocycles. The number of piperazine rings is 1. The molecule has 3 aliphatic heterocycles. The normalized spacial score (nSPS) is 29.4. The summed E-state index contributed by atoms with van der Waals surface area (Å²) in [4.78, 5) is 44.3. The lowest BCUT2D eigenvalue weighted by molar-refractivity contribution is -0.144. The van der Waals surface area contributed by atoms with Gasteiger partial charge >= 0.3 is 6.03 Å². The summed E-state index contributed by atoms with van der Waals surface area (Å²) in [6.45, 7) is 3.34. The van der Waals surface area contributed by atoms with Crippen LogP contribution >= 0.6 is 23.2 Å². The Morgan fingerprint density at radius 2 is 1.91 bits per heavy atom. The molecule has 10 heteroatoms. The number of hydrogen-bond donors (Lipinski definition) is 2. The summed E-state index contributed by atoms with van der Waals surface area (Å²) in [6.07, 6.45) is 5.21. The molecule has 190 valence electrons. The van der Waals surface area contributed by atoms with Crippen LogP contribution in [0.15, 0.2) is 18.2 Å². The van der Waals surface area contributed by atoms with E-state index in [0.29, 0.717) is 48.2 Å². The fourth-order valence-electron chi connectivity index (χ4n) is 5.98. The molecule has 1 aromatic rings. The van der Waals surface area contributed by atoms with Gasteiger partial charge in [-0.25, -0.2) is 4.79 Å². The lowest BCUT2D eigenvalue weighted by Gasteiger charge is -2.43. The number of piperidine rings is 1. The number of halogens is 2. The molecule has 1 aromatic carbocycles. The topological polar surface area (TPSA) is 93.2 Å². The molecule has 8 nitrogen and oxygen atoms in total. The summed E-state index contributed by atoms with van der Waals surface area (Å²) >= 11 is 12.0. The molecule has 5 rings (SSSR count). The highest BCUT2D eigenvalue weighted by Crippen LogP contribution is 2.53. The number of urea groups is 1. The van der Waals surface area contributed by atoms with Crippen molar-refractivity contribution in [3.63, 3.8) is 0 Å². The molecule has 35 heavy (non-hydrogen) atoms. The Labute approximate surface area is 215 Å². The van der Waals surface area contributed by atoms with Crippen molar-refractivity contribution in [2.75, 3.05) is 25.0 Å². The van der Waals surface area contributed by atoms with Crippen LogP contribution in [0, 0.1) is 5.41 Å². The third-order valence-electron chi connectivity index (χ3n) is 8.45. The number of nitrogens with one attached hydrogen (secondary N) is 1. The number of carbonyl (C=O) groups is 3. The largest absolute Gasteiger partial charge is 0.391 e. The maximum absolute atomic E-state index is 13.3. The van der Waals surface area contributed by atoms with Gasteiger partial charge in [-0.3, -0.25) is 9.59 Å². The van der Waals surface area contributed by atoms with E-state index < -0.39 is 12.1 Å². The minimum Gasteiger partial charge on any atom is -0.391 e. The van der Waals surface area contributed by atoms with E-state index in [0.717, 1.165) is 32.1 Å². The number of β-amino-alcohol motifs (C(OH)–C–C–N with tert-alkyl or cyclic N) is 1. The van der Waals surface area contributed by atoms with Gasteiger partial charge in [-0.15, -0.1) is 0 Å². The predicted octanol–water partition coefficient (Wildman–Crippen LogP) is 3.74. The highest BCUT2D eigenvalue weighted by molar-refractivity contribution is 6.42. The van der Waals surface area contributed by atoms with Crippen molar-refractivity contribution in [2.24, 2.45) is 5.41 Å². The first-order valence-corrected chi connectivity index (χ1v) is 13.2. The molecule has 2 N–H and O–H groups in total. The van der Waals surface area contributed by atoms with E-state index in [4.69, 9.17) is 23.2 Å². The Morgan fingerprint density at radius 3 is 2.60 bits per heavy atom. The summed E-state index contributed by atoms with van der Waals surface area (Å²) in [5.74, 6) is -0.0207. The molecular formula is C25H32Cl2N4O4. The van der Waals surface area contributed by atoms with Crippen LogP contribution in [0.1, 0.15) is 51.9 Å². The van der Waals surface area contributed by atoms with Crippen molar-refractivity contribution in [3.05, 3.63) is 28.2 Å². The van der Waals surface area contributed by atoms with Crippen molar-refractivity contribution >= 4 is 46.7 Å². The lowest BCUT2D eigenvalue weighted by Crippen LogP contribution is -2.62. The van der Waals surface area contributed by atoms with Crippen LogP contribution in [0.5, 0.6) is 0 Å². The van der Waals surface area contributed by atoms with Crippen LogP contribution in [0.2, 0.25) is 10.0 Å². The average molecular weight is 523 g/mol. The van der Waals surface area contributed by atoms with Crippen molar-refractivity contribution < 1.29 is 19.5 Å². The second-order valence-electron chi connectivity index (χ2n) is 10.5. The van der Waals surface area contributed by atoms with Crippen molar-refractivity contribution in [2.45, 2.75) is 76.1 Å². The molecule has 0 bridgehead atoms. The third-order valence-corrected chi connectivity index (χ3v) is 9.19.